The molecule has 0 saturated carbocycles. The van der Waals surface area contributed by atoms with E-state index in [9.17, 15) is 14.0 Å². The van der Waals surface area contributed by atoms with Crippen molar-refractivity contribution in [1.82, 2.24) is 9.13 Å². The lowest BCUT2D eigenvalue weighted by Crippen LogP contribution is -2.40. The number of aromatic nitrogens is 2. The molecule has 32 heavy (non-hydrogen) atoms. The van der Waals surface area contributed by atoms with E-state index in [4.69, 9.17) is 9.84 Å². The number of unbranched alkanes of at least 4 members (excludes halogenated alkanes) is 1. The number of aliphatic imine (C=N–C) groups is 1. The molecule has 1 aromatic carbocycles. The highest BCUT2D eigenvalue weighted by Crippen LogP contribution is 2.16. The number of nitrogens with zero attached hydrogens (tertiary/aromatic N) is 3. The number of aliphatic hydroxyl groups is 1. The number of aliphatic hydroxyl groups excluding tert-OH is 1. The Balaban J connectivity index is 2.46. The van der Waals surface area contributed by atoms with Crippen LogP contribution in [0.4, 0.5) is 10.2 Å². The predicted molar refractivity (Wildman–Crippen MR) is 124 cm³/mol. The molecule has 0 unspecified atom stereocenters. The molecule has 1 heterocycles. The van der Waals surface area contributed by atoms with Crippen LogP contribution in [0.1, 0.15) is 44.2 Å². The molecule has 0 bridgehead atoms. The van der Waals surface area contributed by atoms with Crippen LogP contribution in [0.5, 0.6) is 0 Å². The second-order valence-electron chi connectivity index (χ2n) is 7.66. The summed E-state index contributed by atoms with van der Waals surface area (Å²) in [6.45, 7) is 6.02. The molecule has 8 heteroatoms. The molecule has 1 aromatic heterocycles. The minimum atomic E-state index is -0.492. The summed E-state index contributed by atoms with van der Waals surface area (Å²) < 4.78 is 21.5. The molecule has 0 aliphatic rings. The van der Waals surface area contributed by atoms with Crippen LogP contribution in [0.3, 0.4) is 0 Å². The molecule has 0 saturated heterocycles. The zero-order valence-corrected chi connectivity index (χ0v) is 19.2. The summed E-state index contributed by atoms with van der Waals surface area (Å²) in [5, 5.41) is 9.04. The highest BCUT2D eigenvalue weighted by molar-refractivity contribution is 5.94. The second-order valence-corrected chi connectivity index (χ2v) is 7.66. The van der Waals surface area contributed by atoms with Crippen molar-refractivity contribution in [3.63, 3.8) is 0 Å². The zero-order chi connectivity index (χ0) is 23.7. The summed E-state index contributed by atoms with van der Waals surface area (Å²) in [4.78, 5) is 30.0. The quantitative estimate of drug-likeness (QED) is 0.345. The molecular formula is C24H32FN3O4. The van der Waals surface area contributed by atoms with E-state index < -0.39 is 11.2 Å². The van der Waals surface area contributed by atoms with Gasteiger partial charge in [-0.15, -0.1) is 0 Å². The Bertz CT molecular complexity index is 1040. The number of benzene rings is 1. The third-order valence-electron chi connectivity index (χ3n) is 5.12. The molecule has 2 rings (SSSR count). The van der Waals surface area contributed by atoms with Gasteiger partial charge in [0.1, 0.15) is 11.6 Å². The Labute approximate surface area is 187 Å². The average molecular weight is 446 g/mol. The van der Waals surface area contributed by atoms with Gasteiger partial charge in [0.15, 0.2) is 0 Å². The first-order valence-electron chi connectivity index (χ1n) is 10.8. The Morgan fingerprint density at radius 3 is 2.53 bits per heavy atom. The maximum atomic E-state index is 13.1. The van der Waals surface area contributed by atoms with E-state index in [0.29, 0.717) is 30.9 Å². The highest BCUT2D eigenvalue weighted by atomic mass is 19.1. The van der Waals surface area contributed by atoms with Crippen molar-refractivity contribution in [2.24, 2.45) is 12.0 Å². The van der Waals surface area contributed by atoms with Gasteiger partial charge in [0.25, 0.3) is 5.56 Å². The monoisotopic (exact) mass is 445 g/mol. The van der Waals surface area contributed by atoms with Gasteiger partial charge < -0.3 is 9.84 Å². The zero-order valence-electron chi connectivity index (χ0n) is 19.2. The number of rotatable bonds is 10. The van der Waals surface area contributed by atoms with Crippen LogP contribution in [0.25, 0.3) is 0 Å². The molecule has 0 amide bonds. The van der Waals surface area contributed by atoms with Crippen molar-refractivity contribution in [2.45, 2.75) is 53.0 Å². The molecule has 0 atom stereocenters. The van der Waals surface area contributed by atoms with E-state index in [1.165, 1.54) is 16.7 Å². The molecule has 7 nitrogen and oxygen atoms in total. The summed E-state index contributed by atoms with van der Waals surface area (Å²) in [5.74, 6) is 0.289. The summed E-state index contributed by atoms with van der Waals surface area (Å²) in [5.41, 5.74) is 1.10. The van der Waals surface area contributed by atoms with Crippen molar-refractivity contribution >= 4 is 11.7 Å². The Morgan fingerprint density at radius 2 is 1.91 bits per heavy atom. The largest absolute Gasteiger partial charge is 0.477 e. The third kappa shape index (κ3) is 6.50. The first-order valence-corrected chi connectivity index (χ1v) is 10.8. The predicted octanol–water partition coefficient (Wildman–Crippen LogP) is 3.41. The van der Waals surface area contributed by atoms with E-state index in [0.717, 1.165) is 28.5 Å². The van der Waals surface area contributed by atoms with Gasteiger partial charge in [-0.2, -0.15) is 4.99 Å². The van der Waals surface area contributed by atoms with Gasteiger partial charge in [-0.05, 0) is 50.8 Å². The van der Waals surface area contributed by atoms with Crippen LogP contribution < -0.4 is 11.2 Å². The molecule has 0 aliphatic heterocycles. The van der Waals surface area contributed by atoms with Crippen molar-refractivity contribution in [3.8, 4) is 0 Å². The fourth-order valence-corrected chi connectivity index (χ4v) is 3.12. The first-order chi connectivity index (χ1) is 15.3. The van der Waals surface area contributed by atoms with Crippen molar-refractivity contribution in [1.29, 1.82) is 0 Å². The smallest absolute Gasteiger partial charge is 0.332 e. The number of ether oxygens (including phenoxy) is 1. The van der Waals surface area contributed by atoms with E-state index in [1.807, 2.05) is 13.0 Å². The lowest BCUT2D eigenvalue weighted by Gasteiger charge is -2.14. The molecule has 2 aromatic rings. The average Bonchev–Trinajstić information content (AvgIpc) is 2.79. The first kappa shape index (κ1) is 25.3. The second kappa shape index (κ2) is 12.1. The van der Waals surface area contributed by atoms with Crippen LogP contribution in [0, 0.1) is 12.7 Å². The fraction of sp³-hybridized carbons (Fsp3) is 0.458. The van der Waals surface area contributed by atoms with E-state index >= 15 is 0 Å². The van der Waals surface area contributed by atoms with E-state index in [2.05, 4.69) is 11.9 Å². The maximum Gasteiger partial charge on any atom is 0.332 e. The van der Waals surface area contributed by atoms with Crippen LogP contribution in [0.2, 0.25) is 0 Å². The Hall–Kier alpha value is -3.00. The molecule has 0 aliphatic carbocycles. The molecule has 174 valence electrons. The topological polar surface area (TPSA) is 85.8 Å². The van der Waals surface area contributed by atoms with Crippen LogP contribution in [-0.4, -0.2) is 33.4 Å². The maximum absolute atomic E-state index is 13.1. The molecule has 0 fully saturated rings. The standard InChI is InChI=1S/C24H32FN3O4/c1-5-6-16-32-22(17(2)8-9-19-10-12-20(25)13-11-19)26-21-18(3)23(30)28(14-7-15-29)24(31)27(21)4/h8,10-13,29H,5-7,9,14-16H2,1-4H3/b17-8-,26-22?. The van der Waals surface area contributed by atoms with Crippen LogP contribution in [-0.2, 0) is 24.8 Å². The Kier molecular flexibility index (Phi) is 9.59. The van der Waals surface area contributed by atoms with Crippen molar-refractivity contribution in [3.05, 3.63) is 73.7 Å². The van der Waals surface area contributed by atoms with Gasteiger partial charge in [0.05, 0.1) is 12.2 Å². The number of hydrogen-bond donors (Lipinski definition) is 1. The lowest BCUT2D eigenvalue weighted by molar-refractivity contribution is 0.277. The van der Waals surface area contributed by atoms with Gasteiger partial charge >= 0.3 is 5.69 Å². The van der Waals surface area contributed by atoms with Gasteiger partial charge in [-0.3, -0.25) is 13.9 Å². The summed E-state index contributed by atoms with van der Waals surface area (Å²) in [6.07, 6.45) is 4.58. The number of allylic oxidation sites excluding steroid dienone is 1. The fourth-order valence-electron chi connectivity index (χ4n) is 3.12. The summed E-state index contributed by atoms with van der Waals surface area (Å²) >= 11 is 0. The summed E-state index contributed by atoms with van der Waals surface area (Å²) in [7, 11) is 1.56. The van der Waals surface area contributed by atoms with Gasteiger partial charge in [-0.1, -0.05) is 31.6 Å². The summed E-state index contributed by atoms with van der Waals surface area (Å²) in [6, 6.07) is 6.26. The van der Waals surface area contributed by atoms with E-state index in [1.54, 1.807) is 26.1 Å². The third-order valence-corrected chi connectivity index (χ3v) is 5.12. The Morgan fingerprint density at radius 1 is 1.22 bits per heavy atom. The van der Waals surface area contributed by atoms with Gasteiger partial charge in [0, 0.05) is 25.8 Å². The highest BCUT2D eigenvalue weighted by Gasteiger charge is 2.15. The van der Waals surface area contributed by atoms with Gasteiger partial charge in [0.2, 0.25) is 5.90 Å². The minimum absolute atomic E-state index is 0.109. The number of hydrogen-bond acceptors (Lipinski definition) is 5. The van der Waals surface area contributed by atoms with Crippen LogP contribution in [0.15, 0.2) is 50.5 Å². The normalized spacial score (nSPS) is 12.3. The van der Waals surface area contributed by atoms with Crippen molar-refractivity contribution in [2.75, 3.05) is 13.2 Å². The molecule has 0 radical (unpaired) electrons. The van der Waals surface area contributed by atoms with E-state index in [-0.39, 0.29) is 24.8 Å². The minimum Gasteiger partial charge on any atom is -0.477 e. The van der Waals surface area contributed by atoms with Gasteiger partial charge in [-0.25, -0.2) is 9.18 Å². The SMILES string of the molecule is CCCCOC(=Nc1c(C)c(=O)n(CCCO)c(=O)n1C)/C(C)=C\Cc1ccc(F)cc1. The lowest BCUT2D eigenvalue weighted by atomic mass is 10.1. The molecule has 0 spiro atoms. The molecule has 1 N–H and O–H groups in total. The van der Waals surface area contributed by atoms with Crippen molar-refractivity contribution < 1.29 is 14.2 Å². The van der Waals surface area contributed by atoms with Crippen LogP contribution >= 0.6 is 0 Å². The molecular weight excluding hydrogens is 413 g/mol. The number of halogens is 1.